The Morgan fingerprint density at radius 2 is 2.08 bits per heavy atom. The molecule has 1 aliphatic rings. The number of rotatable bonds is 0. The average Bonchev–Trinajstić information content (AvgIpc) is 2.02. The fraction of sp³-hybridized carbons (Fsp3) is 0.429. The SMILES string of the molecule is [O-][S+]1CCCc2nc(O)nc(O)c21. The van der Waals surface area contributed by atoms with Crippen LogP contribution in [0.5, 0.6) is 11.9 Å². The Labute approximate surface area is 77.6 Å². The molecule has 0 amide bonds. The first-order valence-corrected chi connectivity index (χ1v) is 5.17. The van der Waals surface area contributed by atoms with Gasteiger partial charge in [-0.2, -0.15) is 9.97 Å². The maximum atomic E-state index is 11.4. The Morgan fingerprint density at radius 3 is 2.85 bits per heavy atom. The molecule has 0 fully saturated rings. The Kier molecular flexibility index (Phi) is 2.01. The summed E-state index contributed by atoms with van der Waals surface area (Å²) < 4.78 is 11.4. The Balaban J connectivity index is 2.56. The Morgan fingerprint density at radius 1 is 1.31 bits per heavy atom. The van der Waals surface area contributed by atoms with Gasteiger partial charge >= 0.3 is 6.01 Å². The van der Waals surface area contributed by atoms with Crippen molar-refractivity contribution in [1.29, 1.82) is 0 Å². The van der Waals surface area contributed by atoms with Gasteiger partial charge in [0.2, 0.25) is 4.90 Å². The van der Waals surface area contributed by atoms with Crippen molar-refractivity contribution in [2.75, 3.05) is 5.75 Å². The van der Waals surface area contributed by atoms with Gasteiger partial charge in [-0.25, -0.2) is 0 Å². The molecule has 0 radical (unpaired) electrons. The highest BCUT2D eigenvalue weighted by Crippen LogP contribution is 2.30. The van der Waals surface area contributed by atoms with Crippen LogP contribution in [0.1, 0.15) is 12.1 Å². The lowest BCUT2D eigenvalue weighted by Gasteiger charge is -2.18. The van der Waals surface area contributed by atoms with Crippen LogP contribution in [0.2, 0.25) is 0 Å². The molecule has 5 nitrogen and oxygen atoms in total. The molecule has 70 valence electrons. The van der Waals surface area contributed by atoms with Gasteiger partial charge in [0.25, 0.3) is 5.88 Å². The third kappa shape index (κ3) is 1.42. The van der Waals surface area contributed by atoms with Crippen LogP contribution in [-0.4, -0.2) is 30.5 Å². The quantitative estimate of drug-likeness (QED) is 0.573. The standard InChI is InChI=1S/C7H8N2O3S/c10-6-5-4(8-7(11)9-6)2-1-3-13(5)12/h1-3H2,(H2,8,9,10,11). The van der Waals surface area contributed by atoms with E-state index in [1.54, 1.807) is 0 Å². The number of aryl methyl sites for hydroxylation is 1. The van der Waals surface area contributed by atoms with Crippen molar-refractivity contribution in [2.24, 2.45) is 0 Å². The van der Waals surface area contributed by atoms with Crippen LogP contribution in [0, 0.1) is 0 Å². The highest BCUT2D eigenvalue weighted by molar-refractivity contribution is 7.91. The van der Waals surface area contributed by atoms with Crippen LogP contribution in [0.3, 0.4) is 0 Å². The third-order valence-electron chi connectivity index (χ3n) is 1.88. The second-order valence-electron chi connectivity index (χ2n) is 2.78. The van der Waals surface area contributed by atoms with Crippen molar-refractivity contribution in [3.8, 4) is 11.9 Å². The summed E-state index contributed by atoms with van der Waals surface area (Å²) in [6.45, 7) is 0. The van der Waals surface area contributed by atoms with E-state index in [0.717, 1.165) is 6.42 Å². The normalized spacial score (nSPS) is 21.2. The molecule has 2 N–H and O–H groups in total. The van der Waals surface area contributed by atoms with Crippen LogP contribution >= 0.6 is 0 Å². The molecular formula is C7H8N2O3S. The second kappa shape index (κ2) is 3.04. The van der Waals surface area contributed by atoms with Crippen molar-refractivity contribution >= 4 is 11.2 Å². The molecule has 1 aromatic heterocycles. The van der Waals surface area contributed by atoms with Crippen molar-refractivity contribution in [1.82, 2.24) is 9.97 Å². The maximum absolute atomic E-state index is 11.4. The van der Waals surface area contributed by atoms with Gasteiger partial charge in [-0.1, -0.05) is 0 Å². The van der Waals surface area contributed by atoms with Crippen LogP contribution in [0.25, 0.3) is 0 Å². The molecule has 1 unspecified atom stereocenters. The van der Waals surface area contributed by atoms with Crippen LogP contribution in [0.4, 0.5) is 0 Å². The first kappa shape index (κ1) is 8.58. The summed E-state index contributed by atoms with van der Waals surface area (Å²) in [6.07, 6.45) is 1.39. The zero-order chi connectivity index (χ0) is 9.42. The van der Waals surface area contributed by atoms with E-state index in [9.17, 15) is 9.66 Å². The summed E-state index contributed by atoms with van der Waals surface area (Å²) in [5.41, 5.74) is 0.495. The highest BCUT2D eigenvalue weighted by atomic mass is 32.2. The third-order valence-corrected chi connectivity index (χ3v) is 3.41. The van der Waals surface area contributed by atoms with E-state index in [0.29, 0.717) is 17.9 Å². The first-order chi connectivity index (χ1) is 6.18. The van der Waals surface area contributed by atoms with Crippen LogP contribution in [0.15, 0.2) is 4.90 Å². The number of aromatic nitrogens is 2. The average molecular weight is 200 g/mol. The minimum absolute atomic E-state index is 0.282. The summed E-state index contributed by atoms with van der Waals surface area (Å²) in [4.78, 5) is 7.34. The molecular weight excluding hydrogens is 192 g/mol. The monoisotopic (exact) mass is 200 g/mol. The van der Waals surface area contributed by atoms with E-state index in [2.05, 4.69) is 9.97 Å². The van der Waals surface area contributed by atoms with Crippen molar-refractivity contribution in [3.05, 3.63) is 5.69 Å². The Hall–Kier alpha value is -1.01. The highest BCUT2D eigenvalue weighted by Gasteiger charge is 2.28. The number of fused-ring (bicyclic) bond motifs is 1. The summed E-state index contributed by atoms with van der Waals surface area (Å²) in [6, 6.07) is -0.463. The zero-order valence-corrected chi connectivity index (χ0v) is 7.54. The van der Waals surface area contributed by atoms with E-state index in [4.69, 9.17) is 5.11 Å². The number of aromatic hydroxyl groups is 2. The molecule has 0 aromatic carbocycles. The second-order valence-corrected chi connectivity index (χ2v) is 4.28. The fourth-order valence-corrected chi connectivity index (χ4v) is 2.62. The molecule has 0 spiro atoms. The molecule has 0 aliphatic carbocycles. The lowest BCUT2D eigenvalue weighted by atomic mass is 10.2. The molecule has 6 heteroatoms. The predicted molar refractivity (Wildman–Crippen MR) is 45.0 cm³/mol. The van der Waals surface area contributed by atoms with Gasteiger partial charge in [0, 0.05) is 0 Å². The van der Waals surface area contributed by atoms with Gasteiger partial charge in [0.15, 0.2) is 0 Å². The van der Waals surface area contributed by atoms with Gasteiger partial charge in [-0.05, 0) is 24.0 Å². The summed E-state index contributed by atoms with van der Waals surface area (Å²) in [5, 5.41) is 18.3. The van der Waals surface area contributed by atoms with E-state index >= 15 is 0 Å². The molecule has 13 heavy (non-hydrogen) atoms. The van der Waals surface area contributed by atoms with Gasteiger partial charge in [-0.15, -0.1) is 0 Å². The molecule has 1 aromatic rings. The minimum Gasteiger partial charge on any atom is -0.611 e. The molecule has 0 saturated carbocycles. The predicted octanol–water partition coefficient (Wildman–Crippen LogP) is -0.0584. The number of hydrogen-bond donors (Lipinski definition) is 2. The van der Waals surface area contributed by atoms with E-state index in [1.807, 2.05) is 0 Å². The van der Waals surface area contributed by atoms with Gasteiger partial charge in [0.1, 0.15) is 11.4 Å². The molecule has 1 atom stereocenters. The summed E-state index contributed by atoms with van der Waals surface area (Å²) in [5.74, 6) is 0.162. The minimum atomic E-state index is -1.22. The lowest BCUT2D eigenvalue weighted by molar-refractivity contribution is 0.381. The van der Waals surface area contributed by atoms with Crippen molar-refractivity contribution in [3.63, 3.8) is 0 Å². The molecule has 0 saturated heterocycles. The largest absolute Gasteiger partial charge is 0.611 e. The van der Waals surface area contributed by atoms with Crippen LogP contribution in [-0.2, 0) is 17.6 Å². The molecule has 1 aliphatic heterocycles. The molecule has 2 heterocycles. The maximum Gasteiger partial charge on any atom is 0.317 e. The van der Waals surface area contributed by atoms with Crippen molar-refractivity contribution in [2.45, 2.75) is 17.7 Å². The van der Waals surface area contributed by atoms with E-state index < -0.39 is 17.2 Å². The van der Waals surface area contributed by atoms with Crippen LogP contribution < -0.4 is 0 Å². The smallest absolute Gasteiger partial charge is 0.317 e. The lowest BCUT2D eigenvalue weighted by Crippen LogP contribution is -2.18. The van der Waals surface area contributed by atoms with E-state index in [1.165, 1.54) is 0 Å². The topological polar surface area (TPSA) is 89.3 Å². The number of hydrogen-bond acceptors (Lipinski definition) is 5. The molecule has 2 rings (SSSR count). The first-order valence-electron chi connectivity index (χ1n) is 3.85. The van der Waals surface area contributed by atoms with Crippen molar-refractivity contribution < 1.29 is 14.8 Å². The Bertz CT molecular complexity index is 345. The summed E-state index contributed by atoms with van der Waals surface area (Å²) >= 11 is -1.22. The fourth-order valence-electron chi connectivity index (χ4n) is 1.35. The summed E-state index contributed by atoms with van der Waals surface area (Å²) in [7, 11) is 0. The molecule has 0 bridgehead atoms. The van der Waals surface area contributed by atoms with E-state index in [-0.39, 0.29) is 10.8 Å². The zero-order valence-electron chi connectivity index (χ0n) is 6.73. The van der Waals surface area contributed by atoms with Gasteiger partial charge in [0.05, 0.1) is 0 Å². The van der Waals surface area contributed by atoms with Gasteiger partial charge in [-0.3, -0.25) is 0 Å². The van der Waals surface area contributed by atoms with Gasteiger partial charge < -0.3 is 14.8 Å². The number of nitrogens with zero attached hydrogens (tertiary/aromatic N) is 2.